The van der Waals surface area contributed by atoms with E-state index in [4.69, 9.17) is 14.0 Å². The van der Waals surface area contributed by atoms with E-state index in [1.165, 1.54) is 0 Å². The normalized spacial score (nSPS) is 23.7. The highest BCUT2D eigenvalue weighted by Crippen LogP contribution is 2.21. The van der Waals surface area contributed by atoms with Crippen molar-refractivity contribution in [2.24, 2.45) is 5.92 Å². The van der Waals surface area contributed by atoms with Crippen LogP contribution in [0.3, 0.4) is 0 Å². The number of likely N-dealkylation sites (tertiary alicyclic amines) is 1. The van der Waals surface area contributed by atoms with Crippen molar-refractivity contribution in [2.45, 2.75) is 45.3 Å². The summed E-state index contributed by atoms with van der Waals surface area (Å²) < 4.78 is 15.9. The molecule has 0 N–H and O–H groups in total. The predicted octanol–water partition coefficient (Wildman–Crippen LogP) is 1.31. The molecular weight excluding hydrogens is 286 g/mol. The summed E-state index contributed by atoms with van der Waals surface area (Å²) in [6.45, 7) is 4.71. The van der Waals surface area contributed by atoms with Gasteiger partial charge in [-0.05, 0) is 25.2 Å². The van der Waals surface area contributed by atoms with Gasteiger partial charge in [0.15, 0.2) is 12.1 Å². The van der Waals surface area contributed by atoms with Gasteiger partial charge >= 0.3 is 0 Å². The molecule has 0 radical (unpaired) electrons. The number of piperidine rings is 1. The molecule has 3 rings (SSSR count). The van der Waals surface area contributed by atoms with Crippen LogP contribution in [-0.4, -0.2) is 53.5 Å². The molecule has 1 amide bonds. The molecule has 2 fully saturated rings. The van der Waals surface area contributed by atoms with Gasteiger partial charge in [-0.15, -0.1) is 0 Å². The second-order valence-electron chi connectivity index (χ2n) is 6.01. The Bertz CT molecular complexity index is 499. The van der Waals surface area contributed by atoms with Crippen LogP contribution in [0, 0.1) is 12.8 Å². The fourth-order valence-electron chi connectivity index (χ4n) is 3.07. The van der Waals surface area contributed by atoms with Gasteiger partial charge in [-0.25, -0.2) is 0 Å². The topological polar surface area (TPSA) is 77.7 Å². The van der Waals surface area contributed by atoms with Crippen molar-refractivity contribution in [3.63, 3.8) is 0 Å². The van der Waals surface area contributed by atoms with E-state index < -0.39 is 0 Å². The van der Waals surface area contributed by atoms with E-state index in [0.717, 1.165) is 44.6 Å². The van der Waals surface area contributed by atoms with Crippen LogP contribution in [0.5, 0.6) is 0 Å². The zero-order valence-corrected chi connectivity index (χ0v) is 13.0. The van der Waals surface area contributed by atoms with E-state index in [1.54, 1.807) is 6.92 Å². The number of hydrogen-bond acceptors (Lipinski definition) is 6. The minimum absolute atomic E-state index is 0.112. The Morgan fingerprint density at radius 2 is 2.14 bits per heavy atom. The molecule has 1 unspecified atom stereocenters. The average molecular weight is 309 g/mol. The number of ether oxygens (including phenoxy) is 2. The maximum atomic E-state index is 12.4. The summed E-state index contributed by atoms with van der Waals surface area (Å²) in [4.78, 5) is 18.6. The summed E-state index contributed by atoms with van der Waals surface area (Å²) in [6, 6.07) is 0. The smallest absolute Gasteiger partial charge is 0.227 e. The molecule has 1 aromatic rings. The molecule has 1 atom stereocenters. The third-order valence-electron chi connectivity index (χ3n) is 4.15. The highest BCUT2D eigenvalue weighted by molar-refractivity contribution is 5.76. The van der Waals surface area contributed by atoms with Crippen molar-refractivity contribution < 1.29 is 18.8 Å². The van der Waals surface area contributed by atoms with Gasteiger partial charge in [0.05, 0.1) is 19.6 Å². The lowest BCUT2D eigenvalue weighted by molar-refractivity contribution is -0.187. The summed E-state index contributed by atoms with van der Waals surface area (Å²) in [7, 11) is 0. The molecule has 3 heterocycles. The summed E-state index contributed by atoms with van der Waals surface area (Å²) in [5.74, 6) is 1.82. The number of amides is 1. The zero-order chi connectivity index (χ0) is 15.4. The maximum absolute atomic E-state index is 12.4. The van der Waals surface area contributed by atoms with Gasteiger partial charge in [0.2, 0.25) is 11.8 Å². The molecule has 22 heavy (non-hydrogen) atoms. The summed E-state index contributed by atoms with van der Waals surface area (Å²) in [6.07, 6.45) is 3.71. The highest BCUT2D eigenvalue weighted by Gasteiger charge is 2.27. The van der Waals surface area contributed by atoms with Gasteiger partial charge in [-0.1, -0.05) is 5.16 Å². The predicted molar refractivity (Wildman–Crippen MR) is 77.0 cm³/mol. The SMILES string of the molecule is Cc1nc(CC2CCCN(C(=O)CC3OCCCO3)C2)no1. The molecule has 0 aromatic carbocycles. The number of aryl methyl sites for hydroxylation is 1. The van der Waals surface area contributed by atoms with E-state index in [0.29, 0.717) is 31.4 Å². The first-order valence-electron chi connectivity index (χ1n) is 8.01. The van der Waals surface area contributed by atoms with Gasteiger partial charge < -0.3 is 18.9 Å². The van der Waals surface area contributed by atoms with E-state index in [1.807, 2.05) is 4.90 Å². The van der Waals surface area contributed by atoms with Gasteiger partial charge in [-0.3, -0.25) is 4.79 Å². The molecular formula is C15H23N3O4. The van der Waals surface area contributed by atoms with Crippen LogP contribution < -0.4 is 0 Å². The Labute approximate surface area is 129 Å². The lowest BCUT2D eigenvalue weighted by Gasteiger charge is -2.33. The Kier molecular flexibility index (Phi) is 5.04. The molecule has 1 aromatic heterocycles. The first-order valence-corrected chi connectivity index (χ1v) is 8.01. The number of rotatable bonds is 4. The fourth-order valence-corrected chi connectivity index (χ4v) is 3.07. The zero-order valence-electron chi connectivity index (χ0n) is 13.0. The van der Waals surface area contributed by atoms with Crippen LogP contribution in [0.25, 0.3) is 0 Å². The molecule has 7 heteroatoms. The van der Waals surface area contributed by atoms with Crippen LogP contribution >= 0.6 is 0 Å². The molecule has 122 valence electrons. The second kappa shape index (κ2) is 7.19. The average Bonchev–Trinajstić information content (AvgIpc) is 2.93. The van der Waals surface area contributed by atoms with E-state index in [2.05, 4.69) is 10.1 Å². The van der Waals surface area contributed by atoms with Crippen LogP contribution in [0.4, 0.5) is 0 Å². The second-order valence-corrected chi connectivity index (χ2v) is 6.01. The molecule has 2 saturated heterocycles. The van der Waals surface area contributed by atoms with Crippen molar-refractivity contribution in [1.82, 2.24) is 15.0 Å². The van der Waals surface area contributed by atoms with Crippen LogP contribution in [0.15, 0.2) is 4.52 Å². The molecule has 2 aliphatic rings. The number of carbonyl (C=O) groups is 1. The van der Waals surface area contributed by atoms with E-state index in [9.17, 15) is 4.79 Å². The first-order chi connectivity index (χ1) is 10.7. The Hall–Kier alpha value is -1.47. The first kappa shape index (κ1) is 15.4. The maximum Gasteiger partial charge on any atom is 0.227 e. The minimum atomic E-state index is -0.374. The molecule has 0 saturated carbocycles. The number of carbonyl (C=O) groups excluding carboxylic acids is 1. The third-order valence-corrected chi connectivity index (χ3v) is 4.15. The van der Waals surface area contributed by atoms with E-state index >= 15 is 0 Å². The van der Waals surface area contributed by atoms with Gasteiger partial charge in [0, 0.05) is 26.4 Å². The highest BCUT2D eigenvalue weighted by atomic mass is 16.7. The van der Waals surface area contributed by atoms with Crippen molar-refractivity contribution >= 4 is 5.91 Å². The standard InChI is InChI=1S/C15H23N3O4/c1-11-16-13(17-22-11)8-12-4-2-5-18(10-12)14(19)9-15-20-6-3-7-21-15/h12,15H,2-10H2,1H3. The van der Waals surface area contributed by atoms with Crippen molar-refractivity contribution in [1.29, 1.82) is 0 Å². The van der Waals surface area contributed by atoms with Crippen molar-refractivity contribution in [3.05, 3.63) is 11.7 Å². The Balaban J connectivity index is 1.49. The lowest BCUT2D eigenvalue weighted by atomic mass is 9.94. The Morgan fingerprint density at radius 3 is 2.86 bits per heavy atom. The number of hydrogen-bond donors (Lipinski definition) is 0. The lowest BCUT2D eigenvalue weighted by Crippen LogP contribution is -2.42. The summed E-state index contributed by atoms with van der Waals surface area (Å²) in [5, 5.41) is 3.94. The molecule has 0 aliphatic carbocycles. The molecule has 0 spiro atoms. The third kappa shape index (κ3) is 4.04. The summed E-state index contributed by atoms with van der Waals surface area (Å²) in [5.41, 5.74) is 0. The largest absolute Gasteiger partial charge is 0.352 e. The quantitative estimate of drug-likeness (QED) is 0.834. The van der Waals surface area contributed by atoms with Crippen LogP contribution in [-0.2, 0) is 20.7 Å². The van der Waals surface area contributed by atoms with Crippen LogP contribution in [0.2, 0.25) is 0 Å². The van der Waals surface area contributed by atoms with Crippen molar-refractivity contribution in [2.75, 3.05) is 26.3 Å². The monoisotopic (exact) mass is 309 g/mol. The molecule has 7 nitrogen and oxygen atoms in total. The Morgan fingerprint density at radius 1 is 1.32 bits per heavy atom. The number of aromatic nitrogens is 2. The van der Waals surface area contributed by atoms with Gasteiger partial charge in [0.25, 0.3) is 0 Å². The number of nitrogens with zero attached hydrogens (tertiary/aromatic N) is 3. The summed E-state index contributed by atoms with van der Waals surface area (Å²) >= 11 is 0. The fraction of sp³-hybridized carbons (Fsp3) is 0.800. The van der Waals surface area contributed by atoms with Crippen molar-refractivity contribution in [3.8, 4) is 0 Å². The molecule has 0 bridgehead atoms. The molecule has 2 aliphatic heterocycles. The van der Waals surface area contributed by atoms with E-state index in [-0.39, 0.29) is 12.2 Å². The van der Waals surface area contributed by atoms with Gasteiger partial charge in [0.1, 0.15) is 0 Å². The minimum Gasteiger partial charge on any atom is -0.352 e. The van der Waals surface area contributed by atoms with Crippen LogP contribution in [0.1, 0.15) is 37.4 Å². The van der Waals surface area contributed by atoms with Gasteiger partial charge in [-0.2, -0.15) is 4.98 Å².